The molecule has 2 aromatic rings. The lowest BCUT2D eigenvalue weighted by Gasteiger charge is -2.24. The Morgan fingerprint density at radius 3 is 2.59 bits per heavy atom. The fourth-order valence-corrected chi connectivity index (χ4v) is 3.97. The fourth-order valence-electron chi connectivity index (χ4n) is 3.97. The monoisotopic (exact) mass is 437 g/mol. The van der Waals surface area contributed by atoms with Gasteiger partial charge in [0.1, 0.15) is 18.2 Å². The predicted octanol–water partition coefficient (Wildman–Crippen LogP) is 3.93. The number of carbonyl (C=O) groups is 1. The van der Waals surface area contributed by atoms with Crippen molar-refractivity contribution >= 4 is 18.1 Å². The van der Waals surface area contributed by atoms with Crippen LogP contribution in [-0.2, 0) is 33.7 Å². The number of carbonyl (C=O) groups excluding carboxylic acids is 1. The number of fused-ring (bicyclic) bond motifs is 1. The summed E-state index contributed by atoms with van der Waals surface area (Å²) in [6.07, 6.45) is 4.43. The molecule has 1 aliphatic carbocycles. The number of esters is 1. The van der Waals surface area contributed by atoms with Gasteiger partial charge in [-0.15, -0.1) is 0 Å². The van der Waals surface area contributed by atoms with Crippen LogP contribution in [-0.4, -0.2) is 50.4 Å². The van der Waals surface area contributed by atoms with E-state index in [-0.39, 0.29) is 12.3 Å². The zero-order valence-corrected chi connectivity index (χ0v) is 18.9. The van der Waals surface area contributed by atoms with Crippen molar-refractivity contribution in [3.05, 3.63) is 64.7 Å². The van der Waals surface area contributed by atoms with E-state index in [1.54, 1.807) is 14.2 Å². The van der Waals surface area contributed by atoms with Crippen molar-refractivity contribution in [1.82, 2.24) is 4.90 Å². The first-order chi connectivity index (χ1) is 15.4. The van der Waals surface area contributed by atoms with E-state index in [9.17, 15) is 4.79 Å². The van der Waals surface area contributed by atoms with Gasteiger partial charge < -0.3 is 19.1 Å². The number of rotatable bonds is 9. The quantitative estimate of drug-likeness (QED) is 0.352. The third-order valence-electron chi connectivity index (χ3n) is 5.98. The number of ether oxygens (including phenoxy) is 3. The normalized spacial score (nSPS) is 15.9. The number of benzene rings is 2. The number of nitrogens with zero attached hydrogens (tertiary/aromatic N) is 1. The molecule has 2 aromatic carbocycles. The molecule has 0 amide bonds. The highest BCUT2D eigenvalue weighted by Gasteiger charge is 2.23. The molecular formula is C25H31N3O4. The van der Waals surface area contributed by atoms with Crippen LogP contribution < -0.4 is 4.74 Å². The van der Waals surface area contributed by atoms with Gasteiger partial charge in [-0.05, 0) is 53.6 Å². The largest absolute Gasteiger partial charge is 0.489 e. The summed E-state index contributed by atoms with van der Waals surface area (Å²) in [4.78, 5) is 13.2. The van der Waals surface area contributed by atoms with E-state index in [0.717, 1.165) is 42.5 Å². The van der Waals surface area contributed by atoms with Crippen LogP contribution in [0.3, 0.4) is 0 Å². The molecule has 0 fully saturated rings. The van der Waals surface area contributed by atoms with E-state index in [4.69, 9.17) is 25.0 Å². The van der Waals surface area contributed by atoms with Crippen molar-refractivity contribution in [3.63, 3.8) is 0 Å². The Morgan fingerprint density at radius 1 is 1.19 bits per heavy atom. The molecule has 3 rings (SSSR count). The van der Waals surface area contributed by atoms with Crippen LogP contribution >= 0.6 is 0 Å². The average molecular weight is 438 g/mol. The molecule has 7 nitrogen and oxygen atoms in total. The third-order valence-corrected chi connectivity index (χ3v) is 5.98. The summed E-state index contributed by atoms with van der Waals surface area (Å²) in [6.45, 7) is 0.471. The molecule has 0 aromatic heterocycles. The SMILES string of the molecule is COC(=O)C[C@H](C(=N)N(C)C=N)c1ccc(OCc2ccc3c(c2)CCC(OC)C3)cc1. The lowest BCUT2D eigenvalue weighted by molar-refractivity contribution is -0.140. The van der Waals surface area contributed by atoms with Crippen LogP contribution in [0, 0.1) is 10.8 Å². The number of hydrogen-bond acceptors (Lipinski definition) is 6. The molecule has 2 N–H and O–H groups in total. The molecule has 0 aliphatic heterocycles. The second kappa shape index (κ2) is 10.9. The molecule has 1 unspecified atom stereocenters. The fraction of sp³-hybridized carbons (Fsp3) is 0.400. The van der Waals surface area contributed by atoms with Gasteiger partial charge in [0.25, 0.3) is 0 Å². The molecule has 1 aliphatic rings. The third kappa shape index (κ3) is 5.73. The van der Waals surface area contributed by atoms with Crippen molar-refractivity contribution < 1.29 is 19.0 Å². The van der Waals surface area contributed by atoms with E-state index in [1.165, 1.54) is 23.1 Å². The first kappa shape index (κ1) is 23.5. The van der Waals surface area contributed by atoms with E-state index >= 15 is 0 Å². The topological polar surface area (TPSA) is 95.7 Å². The van der Waals surface area contributed by atoms with E-state index in [1.807, 2.05) is 24.3 Å². The number of methoxy groups -OCH3 is 2. The van der Waals surface area contributed by atoms with E-state index in [0.29, 0.717) is 12.7 Å². The van der Waals surface area contributed by atoms with Crippen molar-refractivity contribution in [2.45, 2.75) is 44.3 Å². The van der Waals surface area contributed by atoms with Crippen LogP contribution in [0.25, 0.3) is 0 Å². The van der Waals surface area contributed by atoms with Crippen molar-refractivity contribution in [2.24, 2.45) is 0 Å². The summed E-state index contributed by atoms with van der Waals surface area (Å²) < 4.78 is 16.3. The van der Waals surface area contributed by atoms with Gasteiger partial charge in [-0.2, -0.15) is 0 Å². The summed E-state index contributed by atoms with van der Waals surface area (Å²) in [7, 11) is 4.72. The zero-order valence-electron chi connectivity index (χ0n) is 18.9. The van der Waals surface area contributed by atoms with Crippen molar-refractivity contribution in [1.29, 1.82) is 10.8 Å². The van der Waals surface area contributed by atoms with Crippen molar-refractivity contribution in [2.75, 3.05) is 21.3 Å². The van der Waals surface area contributed by atoms with Gasteiger partial charge >= 0.3 is 5.97 Å². The lowest BCUT2D eigenvalue weighted by atomic mass is 9.88. The highest BCUT2D eigenvalue weighted by molar-refractivity contribution is 5.96. The van der Waals surface area contributed by atoms with E-state index < -0.39 is 11.9 Å². The van der Waals surface area contributed by atoms with Gasteiger partial charge in [-0.1, -0.05) is 30.3 Å². The molecule has 0 spiro atoms. The molecular weight excluding hydrogens is 406 g/mol. The maximum atomic E-state index is 11.8. The Kier molecular flexibility index (Phi) is 8.00. The molecule has 2 atom stereocenters. The molecule has 0 saturated carbocycles. The maximum Gasteiger partial charge on any atom is 0.306 e. The zero-order chi connectivity index (χ0) is 23.1. The van der Waals surface area contributed by atoms with Crippen LogP contribution in [0.4, 0.5) is 0 Å². The highest BCUT2D eigenvalue weighted by Crippen LogP contribution is 2.27. The Balaban J connectivity index is 1.66. The summed E-state index contributed by atoms with van der Waals surface area (Å²) in [5.74, 6) is -0.0270. The predicted molar refractivity (Wildman–Crippen MR) is 124 cm³/mol. The second-order valence-corrected chi connectivity index (χ2v) is 8.02. The second-order valence-electron chi connectivity index (χ2n) is 8.02. The molecule has 0 bridgehead atoms. The number of amidine groups is 1. The number of hydrogen-bond donors (Lipinski definition) is 2. The van der Waals surface area contributed by atoms with Gasteiger partial charge in [0.2, 0.25) is 0 Å². The highest BCUT2D eigenvalue weighted by atomic mass is 16.5. The van der Waals surface area contributed by atoms with Crippen LogP contribution in [0.15, 0.2) is 42.5 Å². The minimum absolute atomic E-state index is 0.0345. The Labute approximate surface area is 189 Å². The first-order valence-corrected chi connectivity index (χ1v) is 10.7. The smallest absolute Gasteiger partial charge is 0.306 e. The summed E-state index contributed by atoms with van der Waals surface area (Å²) >= 11 is 0. The van der Waals surface area contributed by atoms with Gasteiger partial charge in [0.05, 0.1) is 31.9 Å². The Morgan fingerprint density at radius 2 is 1.94 bits per heavy atom. The van der Waals surface area contributed by atoms with E-state index in [2.05, 4.69) is 18.2 Å². The molecule has 0 heterocycles. The van der Waals surface area contributed by atoms with Gasteiger partial charge in [-0.3, -0.25) is 15.6 Å². The van der Waals surface area contributed by atoms with Crippen molar-refractivity contribution in [3.8, 4) is 5.75 Å². The number of aryl methyl sites for hydroxylation is 1. The Bertz CT molecular complexity index is 958. The minimum atomic E-state index is -0.500. The summed E-state index contributed by atoms with van der Waals surface area (Å²) in [6, 6.07) is 13.9. The average Bonchev–Trinajstić information content (AvgIpc) is 2.84. The number of nitrogens with one attached hydrogen (secondary N) is 2. The summed E-state index contributed by atoms with van der Waals surface area (Å²) in [5, 5.41) is 15.7. The minimum Gasteiger partial charge on any atom is -0.489 e. The lowest BCUT2D eigenvalue weighted by Crippen LogP contribution is -2.31. The molecule has 0 saturated heterocycles. The first-order valence-electron chi connectivity index (χ1n) is 10.7. The van der Waals surface area contributed by atoms with Crippen LogP contribution in [0.2, 0.25) is 0 Å². The Hall–Kier alpha value is -3.19. The molecule has 0 radical (unpaired) electrons. The molecule has 170 valence electrons. The standard InChI is InChI=1S/C25H31N3O4/c1-28(16-26)25(27)23(14-24(29)31-3)18-6-9-21(10-7-18)32-15-17-4-5-20-13-22(30-2)11-8-19(20)12-17/h4-7,9-10,12,16,22-23,26-27H,8,11,13-15H2,1-3H3/t22?,23-/m0/s1. The van der Waals surface area contributed by atoms with Gasteiger partial charge in [0.15, 0.2) is 0 Å². The molecule has 7 heteroatoms. The van der Waals surface area contributed by atoms with Crippen LogP contribution in [0.1, 0.15) is 41.0 Å². The van der Waals surface area contributed by atoms with Gasteiger partial charge in [0, 0.05) is 14.2 Å². The number of likely N-dealkylation sites (N-methyl/N-ethyl adjacent to an activating group) is 1. The maximum absolute atomic E-state index is 11.8. The molecule has 32 heavy (non-hydrogen) atoms. The van der Waals surface area contributed by atoms with Gasteiger partial charge in [-0.25, -0.2) is 0 Å². The van der Waals surface area contributed by atoms with Crippen LogP contribution in [0.5, 0.6) is 5.75 Å². The summed E-state index contributed by atoms with van der Waals surface area (Å²) in [5.41, 5.74) is 4.64.